The summed E-state index contributed by atoms with van der Waals surface area (Å²) in [7, 11) is 0. The summed E-state index contributed by atoms with van der Waals surface area (Å²) in [6.45, 7) is 5.36. The van der Waals surface area contributed by atoms with Gasteiger partial charge in [0.15, 0.2) is 0 Å². The fourth-order valence-corrected chi connectivity index (χ4v) is 37.0. The molecule has 0 bridgehead atoms. The van der Waals surface area contributed by atoms with E-state index in [4.69, 9.17) is 0 Å². The largest absolute Gasteiger partial charge is 1.00 e. The first-order valence-electron chi connectivity index (χ1n) is 13.3. The van der Waals surface area contributed by atoms with Gasteiger partial charge < -0.3 is 24.8 Å². The van der Waals surface area contributed by atoms with Crippen molar-refractivity contribution < 1.29 is 45.4 Å². The molecule has 0 radical (unpaired) electrons. The van der Waals surface area contributed by atoms with Crippen molar-refractivity contribution >= 4 is 18.1 Å². The van der Waals surface area contributed by atoms with Crippen LogP contribution in [0.5, 0.6) is 0 Å². The topological polar surface area (TPSA) is 0 Å². The van der Waals surface area contributed by atoms with Gasteiger partial charge in [-0.2, -0.15) is 0 Å². The van der Waals surface area contributed by atoms with Gasteiger partial charge in [0.2, 0.25) is 0 Å². The van der Waals surface area contributed by atoms with Crippen molar-refractivity contribution in [3.05, 3.63) is 105 Å². The van der Waals surface area contributed by atoms with E-state index in [1.165, 1.54) is 44.1 Å². The SMILES string of the molecule is C[SiH](C)[Hf+2]([CH]1C=Cc2cc3c(cc21)CCC3)[CH]1C=Cc2c1cc1c(c2-c2ccccc2)CCC1.[Cl-].[Cl-]. The number of rotatable bonds is 4. The Hall–Kier alpha value is -1.19. The van der Waals surface area contributed by atoms with Crippen LogP contribution >= 0.6 is 0 Å². The molecule has 0 spiro atoms. The maximum absolute atomic E-state index is 2.68. The van der Waals surface area contributed by atoms with Crippen LogP contribution < -0.4 is 24.8 Å². The van der Waals surface area contributed by atoms with Gasteiger partial charge in [-0.25, -0.2) is 0 Å². The summed E-state index contributed by atoms with van der Waals surface area (Å²) in [6, 6.07) is 19.2. The van der Waals surface area contributed by atoms with Gasteiger partial charge in [-0.05, 0) is 0 Å². The van der Waals surface area contributed by atoms with Gasteiger partial charge in [0.1, 0.15) is 0 Å². The zero-order chi connectivity index (χ0) is 22.8. The second kappa shape index (κ2) is 10.5. The van der Waals surface area contributed by atoms with Crippen molar-refractivity contribution in [2.24, 2.45) is 0 Å². The smallest absolute Gasteiger partial charge is 1.00 e. The van der Waals surface area contributed by atoms with Crippen molar-refractivity contribution in [3.63, 3.8) is 0 Å². The Kier molecular flexibility index (Phi) is 7.72. The Morgan fingerprint density at radius 1 is 0.722 bits per heavy atom. The maximum atomic E-state index is 2.68. The molecule has 4 aliphatic carbocycles. The molecule has 183 valence electrons. The number of fused-ring (bicyclic) bond motifs is 4. The molecule has 0 fully saturated rings. The molecule has 4 heteroatoms. The number of benzene rings is 3. The van der Waals surface area contributed by atoms with Crippen LogP contribution in [0.15, 0.2) is 60.7 Å². The summed E-state index contributed by atoms with van der Waals surface area (Å²) in [5.74, 6) is -0.731. The predicted octanol–water partition coefficient (Wildman–Crippen LogP) is 1.78. The van der Waals surface area contributed by atoms with E-state index in [-0.39, 0.29) is 24.8 Å². The van der Waals surface area contributed by atoms with E-state index in [9.17, 15) is 0 Å². The molecule has 0 saturated carbocycles. The molecular weight excluding hydrogens is 662 g/mol. The fraction of sp³-hybridized carbons (Fsp3) is 0.312. The minimum Gasteiger partial charge on any atom is -1.00 e. The van der Waals surface area contributed by atoms with Crippen molar-refractivity contribution in [2.45, 2.75) is 59.0 Å². The zero-order valence-corrected chi connectivity index (χ0v) is 27.4. The molecule has 0 heterocycles. The molecule has 3 aromatic rings. The van der Waals surface area contributed by atoms with Gasteiger partial charge in [0.05, 0.1) is 0 Å². The zero-order valence-electron chi connectivity index (χ0n) is 21.2. The Bertz CT molecular complexity index is 1360. The molecule has 4 aliphatic rings. The summed E-state index contributed by atoms with van der Waals surface area (Å²) in [5, 5.41) is 0. The van der Waals surface area contributed by atoms with Gasteiger partial charge >= 0.3 is 214 Å². The van der Waals surface area contributed by atoms with Gasteiger partial charge in [-0.3, -0.25) is 0 Å². The average Bonchev–Trinajstić information content (AvgIpc) is 3.64. The number of halogens is 2. The number of allylic oxidation sites excluding steroid dienone is 2. The molecule has 2 unspecified atom stereocenters. The van der Waals surface area contributed by atoms with E-state index in [2.05, 4.69) is 85.9 Å². The van der Waals surface area contributed by atoms with Crippen LogP contribution in [-0.4, -0.2) is 5.98 Å². The van der Waals surface area contributed by atoms with Crippen LogP contribution in [0.3, 0.4) is 0 Å². The number of aryl methyl sites for hydroxylation is 3. The molecule has 3 aromatic carbocycles. The third-order valence-electron chi connectivity index (χ3n) is 8.81. The second-order valence-corrected chi connectivity index (χ2v) is 39.3. The van der Waals surface area contributed by atoms with Gasteiger partial charge in [0, 0.05) is 0 Å². The summed E-state index contributed by atoms with van der Waals surface area (Å²) >= 11 is -2.05. The van der Waals surface area contributed by atoms with Crippen molar-refractivity contribution in [1.29, 1.82) is 0 Å². The first-order valence-corrected chi connectivity index (χ1v) is 26.6. The van der Waals surface area contributed by atoms with E-state index >= 15 is 0 Å². The van der Waals surface area contributed by atoms with Crippen LogP contribution in [0, 0.1) is 0 Å². The third-order valence-corrected chi connectivity index (χ3v) is 39.2. The van der Waals surface area contributed by atoms with E-state index in [0.29, 0.717) is 0 Å². The quantitative estimate of drug-likeness (QED) is 0.366. The molecular formula is C32H33Cl2HfSi. The second-order valence-electron chi connectivity index (χ2n) is 11.0. The molecule has 0 N–H and O–H groups in total. The maximum Gasteiger partial charge on any atom is -1.00 e. The molecule has 0 aromatic heterocycles. The standard InChI is InChI=1S/C18H15.C12H11.C2H7Si.2ClH.Hf/c1-2-6-13(7-3-1)18-16-10-4-8-14(16)12-15-9-5-11-17(15)18;1-3-9-7-11-5-2-6-12(11)8-10(9)4-1;1-3-2;;;/h1-4,6-8,10,12H,5,9,11H2;1,3-4,7-8H,2,5-6H2;3H,1-2H3;2*1H;/q;;;;;+2/p-2. The monoisotopic (exact) mass is 695 g/mol. The Labute approximate surface area is 237 Å². The summed E-state index contributed by atoms with van der Waals surface area (Å²) in [5.41, 5.74) is 16.2. The molecule has 0 amide bonds. The average molecular weight is 695 g/mol. The first kappa shape index (κ1) is 26.4. The predicted molar refractivity (Wildman–Crippen MR) is 145 cm³/mol. The molecule has 0 aliphatic heterocycles. The molecule has 2 atom stereocenters. The van der Waals surface area contributed by atoms with Gasteiger partial charge in [-0.1, -0.05) is 0 Å². The van der Waals surface area contributed by atoms with Crippen molar-refractivity contribution in [2.75, 3.05) is 0 Å². The summed E-state index contributed by atoms with van der Waals surface area (Å²) < 4.78 is 1.54. The number of hydrogen-bond acceptors (Lipinski definition) is 0. The minimum atomic E-state index is -2.05. The first-order chi connectivity index (χ1) is 16.7. The molecule has 0 saturated heterocycles. The van der Waals surface area contributed by atoms with E-state index in [1.807, 2.05) is 0 Å². The van der Waals surface area contributed by atoms with E-state index < -0.39 is 26.6 Å². The van der Waals surface area contributed by atoms with Gasteiger partial charge in [0.25, 0.3) is 0 Å². The normalized spacial score (nSPS) is 20.0. The third kappa shape index (κ3) is 4.21. The summed E-state index contributed by atoms with van der Waals surface area (Å²) in [4.78, 5) is 0. The van der Waals surface area contributed by atoms with Crippen molar-refractivity contribution in [1.82, 2.24) is 0 Å². The van der Waals surface area contributed by atoms with E-state index in [1.54, 1.807) is 50.1 Å². The Morgan fingerprint density at radius 2 is 1.36 bits per heavy atom. The Morgan fingerprint density at radius 3 is 2.14 bits per heavy atom. The van der Waals surface area contributed by atoms with E-state index in [0.717, 1.165) is 7.35 Å². The minimum absolute atomic E-state index is 0. The van der Waals surface area contributed by atoms with Crippen LogP contribution in [0.4, 0.5) is 0 Å². The van der Waals surface area contributed by atoms with Crippen LogP contribution in [0.2, 0.25) is 13.1 Å². The molecule has 7 rings (SSSR count). The van der Waals surface area contributed by atoms with Crippen LogP contribution in [0.25, 0.3) is 23.3 Å². The number of hydrogen-bond donors (Lipinski definition) is 0. The molecule has 0 nitrogen and oxygen atoms in total. The van der Waals surface area contributed by atoms with Crippen LogP contribution in [-0.2, 0) is 46.3 Å². The summed E-state index contributed by atoms with van der Waals surface area (Å²) in [6.07, 6.45) is 18.2. The van der Waals surface area contributed by atoms with Crippen molar-refractivity contribution in [3.8, 4) is 11.1 Å². The van der Waals surface area contributed by atoms with Gasteiger partial charge in [-0.15, -0.1) is 0 Å². The molecule has 36 heavy (non-hydrogen) atoms. The van der Waals surface area contributed by atoms with Crippen LogP contribution in [0.1, 0.15) is 64.7 Å². The fourth-order valence-electron chi connectivity index (χ4n) is 7.32. The Balaban J connectivity index is 0.00000133.